The molecular formula is C24H28ClN3O2. The second-order valence-corrected chi connectivity index (χ2v) is 8.64. The molecule has 158 valence electrons. The van der Waals surface area contributed by atoms with E-state index >= 15 is 0 Å². The molecule has 3 aromatic rings. The van der Waals surface area contributed by atoms with Crippen molar-refractivity contribution in [3.63, 3.8) is 0 Å². The highest BCUT2D eigenvalue weighted by atomic mass is 35.5. The molecule has 1 aliphatic rings. The molecule has 1 aromatic heterocycles. The van der Waals surface area contributed by atoms with E-state index in [0.717, 1.165) is 42.5 Å². The van der Waals surface area contributed by atoms with Gasteiger partial charge in [0.1, 0.15) is 0 Å². The maximum absolute atomic E-state index is 12.6. The van der Waals surface area contributed by atoms with Crippen LogP contribution in [0.3, 0.4) is 0 Å². The van der Waals surface area contributed by atoms with Gasteiger partial charge >= 0.3 is 6.09 Å². The second-order valence-electron chi connectivity index (χ2n) is 8.20. The second kappa shape index (κ2) is 9.11. The Bertz CT molecular complexity index is 1020. The summed E-state index contributed by atoms with van der Waals surface area (Å²) in [5, 5.41) is 4.59. The first-order valence-electron chi connectivity index (χ1n) is 10.6. The third kappa shape index (κ3) is 4.63. The Kier molecular flexibility index (Phi) is 6.30. The minimum atomic E-state index is -0.424. The van der Waals surface area contributed by atoms with Crippen LogP contribution < -0.4 is 10.1 Å². The van der Waals surface area contributed by atoms with Crippen LogP contribution in [0.4, 0.5) is 4.79 Å². The molecule has 0 radical (unpaired) electrons. The number of amides is 1. The maximum Gasteiger partial charge on any atom is 0.413 e. The quantitative estimate of drug-likeness (QED) is 0.587. The molecule has 5 nitrogen and oxygen atoms in total. The van der Waals surface area contributed by atoms with Gasteiger partial charge in [0.15, 0.2) is 0 Å². The van der Waals surface area contributed by atoms with Crippen LogP contribution in [0.1, 0.15) is 26.7 Å². The van der Waals surface area contributed by atoms with E-state index in [-0.39, 0.29) is 0 Å². The largest absolute Gasteiger partial charge is 0.413 e. The highest BCUT2D eigenvalue weighted by Gasteiger charge is 2.22. The van der Waals surface area contributed by atoms with E-state index < -0.39 is 6.09 Å². The summed E-state index contributed by atoms with van der Waals surface area (Å²) in [6.07, 6.45) is 1.77. The van der Waals surface area contributed by atoms with Gasteiger partial charge in [-0.2, -0.15) is 0 Å². The Morgan fingerprint density at radius 1 is 1.13 bits per heavy atom. The van der Waals surface area contributed by atoms with Gasteiger partial charge in [-0.3, -0.25) is 4.57 Å². The van der Waals surface area contributed by atoms with E-state index in [4.69, 9.17) is 16.3 Å². The smallest absolute Gasteiger partial charge is 0.393 e. The van der Waals surface area contributed by atoms with Crippen LogP contribution >= 0.6 is 11.6 Å². The lowest BCUT2D eigenvalue weighted by molar-refractivity contribution is 0.145. The van der Waals surface area contributed by atoms with Gasteiger partial charge in [0.25, 0.3) is 0 Å². The summed E-state index contributed by atoms with van der Waals surface area (Å²) >= 11 is 6.20. The van der Waals surface area contributed by atoms with E-state index in [9.17, 15) is 4.79 Å². The molecule has 1 saturated heterocycles. The van der Waals surface area contributed by atoms with E-state index in [2.05, 4.69) is 24.1 Å². The molecule has 0 unspecified atom stereocenters. The van der Waals surface area contributed by atoms with E-state index in [1.54, 1.807) is 0 Å². The lowest BCUT2D eigenvalue weighted by atomic mass is 9.96. The molecular weight excluding hydrogens is 398 g/mol. The lowest BCUT2D eigenvalue weighted by Crippen LogP contribution is -2.42. The Labute approximate surface area is 182 Å². The van der Waals surface area contributed by atoms with E-state index in [1.165, 1.54) is 0 Å². The Hall–Kier alpha value is -2.50. The summed E-state index contributed by atoms with van der Waals surface area (Å²) in [4.78, 5) is 15.1. The number of hydrogen-bond acceptors (Lipinski definition) is 3. The number of para-hydroxylation sites is 1. The molecule has 6 heteroatoms. The fourth-order valence-electron chi connectivity index (χ4n) is 4.12. The zero-order chi connectivity index (χ0) is 21.1. The Morgan fingerprint density at radius 2 is 1.90 bits per heavy atom. The molecule has 2 heterocycles. The average Bonchev–Trinajstić information content (AvgIpc) is 3.10. The third-order valence-electron chi connectivity index (χ3n) is 5.86. The zero-order valence-electron chi connectivity index (χ0n) is 17.5. The van der Waals surface area contributed by atoms with E-state index in [0.29, 0.717) is 29.4 Å². The first-order chi connectivity index (χ1) is 14.5. The van der Waals surface area contributed by atoms with Crippen LogP contribution in [0.5, 0.6) is 5.88 Å². The number of ether oxygens (including phenoxy) is 1. The molecule has 2 aromatic carbocycles. The van der Waals surface area contributed by atoms with Crippen LogP contribution in [0.25, 0.3) is 16.6 Å². The molecule has 0 saturated carbocycles. The number of carbonyl (C=O) groups is 1. The number of rotatable bonds is 5. The SMILES string of the molecule is CC(C)N1CCC(CNC(=O)Oc2cc3ccccc3n2-c2cccc(Cl)c2)CC1. The number of aromatic nitrogens is 1. The predicted molar refractivity (Wildman–Crippen MR) is 122 cm³/mol. The van der Waals surface area contributed by atoms with Gasteiger partial charge in [-0.1, -0.05) is 35.9 Å². The van der Waals surface area contributed by atoms with Crippen molar-refractivity contribution < 1.29 is 9.53 Å². The number of piperidine rings is 1. The standard InChI is InChI=1S/C24H28ClN3O2/c1-17(2)27-12-10-18(11-13-27)16-26-24(29)30-23-14-19-6-3-4-9-22(19)28(23)21-8-5-7-20(25)15-21/h3-9,14-15,17-18H,10-13,16H2,1-2H3,(H,26,29). The number of carbonyl (C=O) groups excluding carboxylic acids is 1. The van der Waals surface area contributed by atoms with Crippen molar-refractivity contribution in [1.29, 1.82) is 0 Å². The molecule has 0 bridgehead atoms. The summed E-state index contributed by atoms with van der Waals surface area (Å²) in [6.45, 7) is 7.27. The third-order valence-corrected chi connectivity index (χ3v) is 6.09. The van der Waals surface area contributed by atoms with Crippen molar-refractivity contribution in [2.75, 3.05) is 19.6 Å². The van der Waals surface area contributed by atoms with Crippen LogP contribution in [0, 0.1) is 5.92 Å². The molecule has 1 amide bonds. The predicted octanol–water partition coefficient (Wildman–Crippen LogP) is 5.49. The van der Waals surface area contributed by atoms with Gasteiger partial charge < -0.3 is 15.0 Å². The normalized spacial score (nSPS) is 15.6. The van der Waals surface area contributed by atoms with Crippen molar-refractivity contribution in [1.82, 2.24) is 14.8 Å². The molecule has 30 heavy (non-hydrogen) atoms. The average molecular weight is 426 g/mol. The van der Waals surface area contributed by atoms with E-state index in [1.807, 2.05) is 59.2 Å². The Balaban J connectivity index is 1.46. The van der Waals surface area contributed by atoms with Gasteiger partial charge in [-0.25, -0.2) is 4.79 Å². The number of likely N-dealkylation sites (tertiary alicyclic amines) is 1. The van der Waals surface area contributed by atoms with Crippen LogP contribution in [0.2, 0.25) is 5.02 Å². The minimum Gasteiger partial charge on any atom is -0.393 e. The zero-order valence-corrected chi connectivity index (χ0v) is 18.2. The van der Waals surface area contributed by atoms with Gasteiger partial charge in [-0.05, 0) is 70.0 Å². The van der Waals surface area contributed by atoms with Gasteiger partial charge in [-0.15, -0.1) is 0 Å². The van der Waals surface area contributed by atoms with Crippen LogP contribution in [0.15, 0.2) is 54.6 Å². The number of benzene rings is 2. The molecule has 0 aliphatic carbocycles. The van der Waals surface area contributed by atoms with Crippen molar-refractivity contribution >= 4 is 28.6 Å². The number of nitrogens with one attached hydrogen (secondary N) is 1. The van der Waals surface area contributed by atoms with Gasteiger partial charge in [0.05, 0.1) is 11.2 Å². The van der Waals surface area contributed by atoms with Crippen molar-refractivity contribution in [3.05, 3.63) is 59.6 Å². The van der Waals surface area contributed by atoms with Crippen molar-refractivity contribution in [3.8, 4) is 11.6 Å². The fraction of sp³-hybridized carbons (Fsp3) is 0.375. The molecule has 0 atom stereocenters. The fourth-order valence-corrected chi connectivity index (χ4v) is 4.30. The highest BCUT2D eigenvalue weighted by molar-refractivity contribution is 6.30. The van der Waals surface area contributed by atoms with Gasteiger partial charge in [0, 0.05) is 29.1 Å². The number of halogens is 1. The minimum absolute atomic E-state index is 0.424. The maximum atomic E-state index is 12.6. The molecule has 1 aliphatic heterocycles. The van der Waals surface area contributed by atoms with Crippen LogP contribution in [-0.2, 0) is 0 Å². The molecule has 1 fully saturated rings. The monoisotopic (exact) mass is 425 g/mol. The summed E-state index contributed by atoms with van der Waals surface area (Å²) in [5.74, 6) is 0.969. The summed E-state index contributed by atoms with van der Waals surface area (Å²) in [6, 6.07) is 17.9. The van der Waals surface area contributed by atoms with Crippen LogP contribution in [-0.4, -0.2) is 41.2 Å². The number of nitrogens with zero attached hydrogens (tertiary/aromatic N) is 2. The lowest BCUT2D eigenvalue weighted by Gasteiger charge is -2.34. The highest BCUT2D eigenvalue weighted by Crippen LogP contribution is 2.30. The number of fused-ring (bicyclic) bond motifs is 1. The van der Waals surface area contributed by atoms with Gasteiger partial charge in [0.2, 0.25) is 5.88 Å². The first kappa shape index (κ1) is 20.8. The first-order valence-corrected chi connectivity index (χ1v) is 10.9. The van der Waals surface area contributed by atoms with Crippen molar-refractivity contribution in [2.24, 2.45) is 5.92 Å². The summed E-state index contributed by atoms with van der Waals surface area (Å²) in [5.41, 5.74) is 1.82. The van der Waals surface area contributed by atoms with Crippen molar-refractivity contribution in [2.45, 2.75) is 32.7 Å². The Morgan fingerprint density at radius 3 is 2.63 bits per heavy atom. The molecule has 0 spiro atoms. The number of hydrogen-bond donors (Lipinski definition) is 1. The summed E-state index contributed by atoms with van der Waals surface area (Å²) < 4.78 is 7.65. The topological polar surface area (TPSA) is 46.5 Å². The molecule has 4 rings (SSSR count). The summed E-state index contributed by atoms with van der Waals surface area (Å²) in [7, 11) is 0. The molecule has 1 N–H and O–H groups in total.